The summed E-state index contributed by atoms with van der Waals surface area (Å²) in [7, 11) is 0. The van der Waals surface area contributed by atoms with Crippen LogP contribution in [0.4, 0.5) is 0 Å². The molecule has 0 amide bonds. The van der Waals surface area contributed by atoms with Crippen LogP contribution in [0.15, 0.2) is 48.5 Å². The van der Waals surface area contributed by atoms with Crippen LogP contribution in [-0.2, 0) is 11.3 Å². The highest BCUT2D eigenvalue weighted by Gasteiger charge is 2.24. The first-order chi connectivity index (χ1) is 14.0. The first-order valence-electron chi connectivity index (χ1n) is 10.6. The Morgan fingerprint density at radius 2 is 1.76 bits per heavy atom. The van der Waals surface area contributed by atoms with E-state index in [9.17, 15) is 10.2 Å². The van der Waals surface area contributed by atoms with Crippen LogP contribution in [0.1, 0.15) is 56.3 Å². The molecule has 29 heavy (non-hydrogen) atoms. The van der Waals surface area contributed by atoms with Crippen LogP contribution in [-0.4, -0.2) is 40.4 Å². The van der Waals surface area contributed by atoms with Crippen LogP contribution in [0.25, 0.3) is 0 Å². The number of rotatable bonds is 9. The summed E-state index contributed by atoms with van der Waals surface area (Å²) in [4.78, 5) is 2.31. The van der Waals surface area contributed by atoms with Gasteiger partial charge in [0.05, 0.1) is 18.8 Å². The van der Waals surface area contributed by atoms with Gasteiger partial charge >= 0.3 is 0 Å². The average Bonchev–Trinajstić information content (AvgIpc) is 2.74. The highest BCUT2D eigenvalue weighted by Crippen LogP contribution is 2.27. The van der Waals surface area contributed by atoms with Crippen LogP contribution in [0, 0.1) is 0 Å². The van der Waals surface area contributed by atoms with Crippen molar-refractivity contribution in [2.24, 2.45) is 0 Å². The molecular weight excluding hydrogens is 386 g/mol. The molecule has 1 saturated carbocycles. The first-order valence-corrected chi connectivity index (χ1v) is 11.0. The van der Waals surface area contributed by atoms with Crippen molar-refractivity contribution in [2.75, 3.05) is 13.2 Å². The number of ether oxygens (including phenoxy) is 1. The molecule has 5 heteroatoms. The number of aromatic hydroxyl groups is 1. The molecule has 1 aliphatic rings. The number of nitrogens with zero attached hydrogens (tertiary/aromatic N) is 1. The molecular formula is C24H32ClNO3. The van der Waals surface area contributed by atoms with Crippen molar-refractivity contribution in [2.45, 2.75) is 63.8 Å². The molecule has 0 saturated heterocycles. The van der Waals surface area contributed by atoms with E-state index in [4.69, 9.17) is 16.3 Å². The van der Waals surface area contributed by atoms with E-state index in [2.05, 4.69) is 4.90 Å². The van der Waals surface area contributed by atoms with Crippen LogP contribution in [0.2, 0.25) is 5.02 Å². The smallest absolute Gasteiger partial charge is 0.120 e. The monoisotopic (exact) mass is 417 g/mol. The topological polar surface area (TPSA) is 52.9 Å². The minimum atomic E-state index is -0.586. The van der Waals surface area contributed by atoms with Gasteiger partial charge < -0.3 is 14.9 Å². The molecule has 0 radical (unpaired) electrons. The predicted octanol–water partition coefficient (Wildman–Crippen LogP) is 5.32. The Hall–Kier alpha value is -1.59. The van der Waals surface area contributed by atoms with Crippen LogP contribution in [0.3, 0.4) is 0 Å². The van der Waals surface area contributed by atoms with Crippen molar-refractivity contribution in [3.8, 4) is 5.75 Å². The Labute approximate surface area is 179 Å². The zero-order chi connectivity index (χ0) is 20.6. The van der Waals surface area contributed by atoms with E-state index in [0.29, 0.717) is 29.9 Å². The normalized spacial score (nSPS) is 17.4. The molecule has 0 aromatic heterocycles. The lowest BCUT2D eigenvalue weighted by Gasteiger charge is -2.36. The Bertz CT molecular complexity index is 746. The van der Waals surface area contributed by atoms with Crippen molar-refractivity contribution in [3.05, 3.63) is 64.7 Å². The second-order valence-electron chi connectivity index (χ2n) is 8.03. The quantitative estimate of drug-likeness (QED) is 0.579. The highest BCUT2D eigenvalue weighted by molar-refractivity contribution is 6.30. The van der Waals surface area contributed by atoms with Gasteiger partial charge in [-0.2, -0.15) is 0 Å². The van der Waals surface area contributed by atoms with Crippen LogP contribution >= 0.6 is 11.6 Å². The van der Waals surface area contributed by atoms with Gasteiger partial charge in [0.1, 0.15) is 5.75 Å². The SMILES string of the molecule is C[C@H](OC[C@@H](O)CN(Cc1ccccc1O)C1CCCCC1)c1ccc(Cl)cc1. The maximum absolute atomic E-state index is 10.7. The summed E-state index contributed by atoms with van der Waals surface area (Å²) in [5.74, 6) is 0.315. The van der Waals surface area contributed by atoms with Crippen LogP contribution < -0.4 is 0 Å². The molecule has 0 spiro atoms. The van der Waals surface area contributed by atoms with Gasteiger partial charge in [0.15, 0.2) is 0 Å². The summed E-state index contributed by atoms with van der Waals surface area (Å²) in [6.45, 7) is 3.43. The van der Waals surface area contributed by atoms with E-state index in [1.807, 2.05) is 49.4 Å². The summed E-state index contributed by atoms with van der Waals surface area (Å²) in [5.41, 5.74) is 1.95. The van der Waals surface area contributed by atoms with Gasteiger partial charge in [-0.25, -0.2) is 0 Å². The largest absolute Gasteiger partial charge is 0.508 e. The molecule has 158 valence electrons. The van der Waals surface area contributed by atoms with E-state index in [1.165, 1.54) is 19.3 Å². The summed E-state index contributed by atoms with van der Waals surface area (Å²) in [6.07, 6.45) is 5.32. The molecule has 0 aliphatic heterocycles. The molecule has 0 heterocycles. The molecule has 0 bridgehead atoms. The molecule has 3 rings (SSSR count). The predicted molar refractivity (Wildman–Crippen MR) is 117 cm³/mol. The fourth-order valence-corrected chi connectivity index (χ4v) is 4.19. The highest BCUT2D eigenvalue weighted by atomic mass is 35.5. The molecule has 0 unspecified atom stereocenters. The molecule has 1 aliphatic carbocycles. The third kappa shape index (κ3) is 6.71. The number of aliphatic hydroxyl groups excluding tert-OH is 1. The fourth-order valence-electron chi connectivity index (χ4n) is 4.06. The minimum Gasteiger partial charge on any atom is -0.508 e. The van der Waals surface area contributed by atoms with Crippen molar-refractivity contribution in [1.82, 2.24) is 4.90 Å². The van der Waals surface area contributed by atoms with Gasteiger partial charge in [-0.05, 0) is 43.5 Å². The molecule has 2 atom stereocenters. The lowest BCUT2D eigenvalue weighted by Crippen LogP contribution is -2.42. The van der Waals surface area contributed by atoms with Crippen LogP contribution in [0.5, 0.6) is 5.75 Å². The number of benzene rings is 2. The van der Waals surface area contributed by atoms with Gasteiger partial charge in [0, 0.05) is 29.7 Å². The average molecular weight is 418 g/mol. The number of para-hydroxylation sites is 1. The fraction of sp³-hybridized carbons (Fsp3) is 0.500. The maximum Gasteiger partial charge on any atom is 0.120 e. The van der Waals surface area contributed by atoms with Gasteiger partial charge in [-0.3, -0.25) is 4.90 Å². The number of hydrogen-bond acceptors (Lipinski definition) is 4. The summed E-state index contributed by atoms with van der Waals surface area (Å²) < 4.78 is 5.92. The molecule has 2 aromatic rings. The van der Waals surface area contributed by atoms with Gasteiger partial charge in [-0.15, -0.1) is 0 Å². The standard InChI is InChI=1S/C24H32ClNO3/c1-18(19-11-13-21(25)14-12-19)29-17-23(27)16-26(22-8-3-2-4-9-22)15-20-7-5-6-10-24(20)28/h5-7,10-14,18,22-23,27-28H,2-4,8-9,15-17H2,1H3/t18-,23-/m0/s1. The summed E-state index contributed by atoms with van der Waals surface area (Å²) in [5, 5.41) is 21.6. The second-order valence-corrected chi connectivity index (χ2v) is 8.47. The third-order valence-corrected chi connectivity index (χ3v) is 6.03. The minimum absolute atomic E-state index is 0.108. The molecule has 2 N–H and O–H groups in total. The lowest BCUT2D eigenvalue weighted by atomic mass is 9.93. The number of aliphatic hydroxyl groups is 1. The number of hydrogen-bond donors (Lipinski definition) is 2. The van der Waals surface area contributed by atoms with Gasteiger partial charge in [0.25, 0.3) is 0 Å². The van der Waals surface area contributed by atoms with E-state index < -0.39 is 6.10 Å². The van der Waals surface area contributed by atoms with E-state index in [0.717, 1.165) is 24.0 Å². The summed E-state index contributed by atoms with van der Waals surface area (Å²) in [6, 6.07) is 15.5. The van der Waals surface area contributed by atoms with Crippen molar-refractivity contribution < 1.29 is 14.9 Å². The molecule has 1 fully saturated rings. The van der Waals surface area contributed by atoms with Crippen molar-refractivity contribution in [3.63, 3.8) is 0 Å². The Morgan fingerprint density at radius 1 is 1.07 bits per heavy atom. The Balaban J connectivity index is 1.58. The Morgan fingerprint density at radius 3 is 2.45 bits per heavy atom. The zero-order valence-corrected chi connectivity index (χ0v) is 17.9. The number of phenolic OH excluding ortho intramolecular Hbond substituents is 1. The number of phenols is 1. The lowest BCUT2D eigenvalue weighted by molar-refractivity contribution is -0.0247. The first kappa shape index (κ1) is 22.1. The third-order valence-electron chi connectivity index (χ3n) is 5.78. The second kappa shape index (κ2) is 11.0. The van der Waals surface area contributed by atoms with Crippen molar-refractivity contribution in [1.29, 1.82) is 0 Å². The Kier molecular flexibility index (Phi) is 8.37. The van der Waals surface area contributed by atoms with E-state index >= 15 is 0 Å². The van der Waals surface area contributed by atoms with Crippen molar-refractivity contribution >= 4 is 11.6 Å². The maximum atomic E-state index is 10.7. The van der Waals surface area contributed by atoms with E-state index in [1.54, 1.807) is 6.07 Å². The summed E-state index contributed by atoms with van der Waals surface area (Å²) >= 11 is 5.95. The molecule has 4 nitrogen and oxygen atoms in total. The molecule has 2 aromatic carbocycles. The zero-order valence-electron chi connectivity index (χ0n) is 17.1. The number of halogens is 1. The van der Waals surface area contributed by atoms with Gasteiger partial charge in [0.2, 0.25) is 0 Å². The van der Waals surface area contributed by atoms with Gasteiger partial charge in [-0.1, -0.05) is 61.2 Å². The van der Waals surface area contributed by atoms with E-state index in [-0.39, 0.29) is 12.7 Å².